The van der Waals surface area contributed by atoms with E-state index >= 15 is 0 Å². The maximum absolute atomic E-state index is 12.9. The zero-order chi connectivity index (χ0) is 22.6. The molecule has 0 aliphatic carbocycles. The molecule has 0 spiro atoms. The Kier molecular flexibility index (Phi) is 7.10. The summed E-state index contributed by atoms with van der Waals surface area (Å²) in [5.41, 5.74) is 2.26. The first kappa shape index (κ1) is 22.9. The second kappa shape index (κ2) is 9.60. The van der Waals surface area contributed by atoms with Crippen molar-refractivity contribution in [3.8, 4) is 5.75 Å². The molecule has 0 bridgehead atoms. The van der Waals surface area contributed by atoms with E-state index in [-0.39, 0.29) is 16.5 Å². The molecule has 0 radical (unpaired) electrons. The Bertz CT molecular complexity index is 1230. The van der Waals surface area contributed by atoms with Crippen molar-refractivity contribution in [3.63, 3.8) is 0 Å². The second-order valence-electron chi connectivity index (χ2n) is 6.87. The number of nitrogens with one attached hydrogen (secondary N) is 2. The molecule has 0 unspecified atom stereocenters. The summed E-state index contributed by atoms with van der Waals surface area (Å²) >= 11 is 11.9. The van der Waals surface area contributed by atoms with Crippen LogP contribution in [0.3, 0.4) is 0 Å². The molecule has 31 heavy (non-hydrogen) atoms. The summed E-state index contributed by atoms with van der Waals surface area (Å²) in [6.07, 6.45) is 0. The molecule has 9 heteroatoms. The normalized spacial score (nSPS) is 11.1. The fraction of sp³-hybridized carbons (Fsp3) is 0.136. The lowest BCUT2D eigenvalue weighted by Gasteiger charge is -2.13. The number of sulfonamides is 1. The zero-order valence-electron chi connectivity index (χ0n) is 16.8. The minimum atomic E-state index is -3.85. The van der Waals surface area contributed by atoms with Gasteiger partial charge in [0.05, 0.1) is 9.92 Å². The average molecular weight is 479 g/mol. The van der Waals surface area contributed by atoms with Crippen molar-refractivity contribution >= 4 is 50.5 Å². The van der Waals surface area contributed by atoms with Gasteiger partial charge in [0.25, 0.3) is 15.9 Å². The minimum absolute atomic E-state index is 0.0634. The van der Waals surface area contributed by atoms with Gasteiger partial charge in [0.1, 0.15) is 5.75 Å². The number of hydrogen-bond acceptors (Lipinski definition) is 4. The van der Waals surface area contributed by atoms with Crippen molar-refractivity contribution in [2.24, 2.45) is 0 Å². The molecule has 0 atom stereocenters. The molecule has 2 N–H and O–H groups in total. The number of halogens is 2. The van der Waals surface area contributed by atoms with Crippen LogP contribution >= 0.6 is 23.2 Å². The van der Waals surface area contributed by atoms with Crippen LogP contribution in [0.1, 0.15) is 11.1 Å². The van der Waals surface area contributed by atoms with Gasteiger partial charge in [0.15, 0.2) is 6.61 Å². The standard InChI is InChI=1S/C22H20Cl2N2O4S/c1-14-4-3-5-18(10-14)26-31(28,29)21-12-17(8-6-15(21)2)25-22(27)13-30-20-9-7-16(23)11-19(20)24/h3-12,26H,13H2,1-2H3,(H,25,27). The number of aryl methyl sites for hydroxylation is 2. The number of hydrogen-bond donors (Lipinski definition) is 2. The summed E-state index contributed by atoms with van der Waals surface area (Å²) in [5, 5.41) is 3.37. The monoisotopic (exact) mass is 478 g/mol. The van der Waals surface area contributed by atoms with Gasteiger partial charge in [-0.2, -0.15) is 0 Å². The molecule has 162 valence electrons. The van der Waals surface area contributed by atoms with Gasteiger partial charge in [0, 0.05) is 16.4 Å². The van der Waals surface area contributed by atoms with Gasteiger partial charge in [-0.1, -0.05) is 41.4 Å². The van der Waals surface area contributed by atoms with Crippen LogP contribution in [0.5, 0.6) is 5.75 Å². The Morgan fingerprint density at radius 1 is 0.968 bits per heavy atom. The second-order valence-corrected chi connectivity index (χ2v) is 9.36. The van der Waals surface area contributed by atoms with Gasteiger partial charge in [-0.15, -0.1) is 0 Å². The highest BCUT2D eigenvalue weighted by molar-refractivity contribution is 7.92. The first-order valence-corrected chi connectivity index (χ1v) is 11.5. The Balaban J connectivity index is 1.72. The summed E-state index contributed by atoms with van der Waals surface area (Å²) in [7, 11) is -3.85. The molecule has 0 saturated heterocycles. The largest absolute Gasteiger partial charge is 0.482 e. The molecule has 3 aromatic carbocycles. The first-order valence-electron chi connectivity index (χ1n) is 9.22. The van der Waals surface area contributed by atoms with Crippen molar-refractivity contribution in [3.05, 3.63) is 81.8 Å². The quantitative estimate of drug-likeness (QED) is 0.474. The number of anilines is 2. The lowest BCUT2D eigenvalue weighted by atomic mass is 10.2. The summed E-state index contributed by atoms with van der Waals surface area (Å²) in [5.74, 6) is -0.152. The minimum Gasteiger partial charge on any atom is -0.482 e. The third-order valence-corrected chi connectivity index (χ3v) is 6.34. The van der Waals surface area contributed by atoms with E-state index in [2.05, 4.69) is 10.0 Å². The predicted molar refractivity (Wildman–Crippen MR) is 124 cm³/mol. The molecule has 0 aromatic heterocycles. The van der Waals surface area contributed by atoms with Crippen LogP contribution in [-0.2, 0) is 14.8 Å². The highest BCUT2D eigenvalue weighted by Gasteiger charge is 2.18. The number of benzene rings is 3. The van der Waals surface area contributed by atoms with Crippen LogP contribution < -0.4 is 14.8 Å². The highest BCUT2D eigenvalue weighted by atomic mass is 35.5. The Morgan fingerprint density at radius 3 is 2.45 bits per heavy atom. The summed E-state index contributed by atoms with van der Waals surface area (Å²) in [6, 6.07) is 16.4. The SMILES string of the molecule is Cc1cccc(NS(=O)(=O)c2cc(NC(=O)COc3ccc(Cl)cc3Cl)ccc2C)c1. The number of amides is 1. The lowest BCUT2D eigenvalue weighted by Crippen LogP contribution is -2.21. The van der Waals surface area contributed by atoms with Crippen LogP contribution in [-0.4, -0.2) is 20.9 Å². The summed E-state index contributed by atoms with van der Waals surface area (Å²) in [4.78, 5) is 12.3. The fourth-order valence-electron chi connectivity index (χ4n) is 2.82. The first-order chi connectivity index (χ1) is 14.6. The molecule has 3 rings (SSSR count). The topological polar surface area (TPSA) is 84.5 Å². The smallest absolute Gasteiger partial charge is 0.262 e. The maximum Gasteiger partial charge on any atom is 0.262 e. The van der Waals surface area contributed by atoms with Gasteiger partial charge in [-0.05, 0) is 67.4 Å². The molecule has 0 fully saturated rings. The molecule has 0 aliphatic rings. The molecule has 3 aromatic rings. The molecular formula is C22H20Cl2N2O4S. The van der Waals surface area contributed by atoms with Crippen molar-refractivity contribution in [2.45, 2.75) is 18.7 Å². The molecule has 6 nitrogen and oxygen atoms in total. The zero-order valence-corrected chi connectivity index (χ0v) is 19.1. The van der Waals surface area contributed by atoms with E-state index in [9.17, 15) is 13.2 Å². The van der Waals surface area contributed by atoms with Gasteiger partial charge in [-0.3, -0.25) is 9.52 Å². The van der Waals surface area contributed by atoms with E-state index in [1.54, 1.807) is 49.4 Å². The molecule has 1 amide bonds. The highest BCUT2D eigenvalue weighted by Crippen LogP contribution is 2.27. The molecule has 0 heterocycles. The van der Waals surface area contributed by atoms with Crippen LogP contribution in [0.2, 0.25) is 10.0 Å². The average Bonchev–Trinajstić information content (AvgIpc) is 2.68. The number of ether oxygens (including phenoxy) is 1. The van der Waals surface area contributed by atoms with Crippen LogP contribution in [0, 0.1) is 13.8 Å². The van der Waals surface area contributed by atoms with Crippen LogP contribution in [0.25, 0.3) is 0 Å². The fourth-order valence-corrected chi connectivity index (χ4v) is 4.60. The van der Waals surface area contributed by atoms with Gasteiger partial charge in [-0.25, -0.2) is 8.42 Å². The van der Waals surface area contributed by atoms with Crippen LogP contribution in [0.15, 0.2) is 65.6 Å². The van der Waals surface area contributed by atoms with Crippen molar-refractivity contribution < 1.29 is 17.9 Å². The third-order valence-electron chi connectivity index (χ3n) is 4.28. The lowest BCUT2D eigenvalue weighted by molar-refractivity contribution is -0.118. The van der Waals surface area contributed by atoms with Gasteiger partial charge >= 0.3 is 0 Å². The van der Waals surface area contributed by atoms with Crippen molar-refractivity contribution in [2.75, 3.05) is 16.6 Å². The number of carbonyl (C=O) groups excluding carboxylic acids is 1. The van der Waals surface area contributed by atoms with E-state index in [1.807, 2.05) is 13.0 Å². The van der Waals surface area contributed by atoms with Gasteiger partial charge in [0.2, 0.25) is 0 Å². The summed E-state index contributed by atoms with van der Waals surface area (Å²) in [6.45, 7) is 3.25. The van der Waals surface area contributed by atoms with E-state index in [4.69, 9.17) is 27.9 Å². The number of rotatable bonds is 7. The van der Waals surface area contributed by atoms with E-state index in [0.717, 1.165) is 5.56 Å². The Labute approximate surface area is 191 Å². The Morgan fingerprint density at radius 2 is 1.74 bits per heavy atom. The number of carbonyl (C=O) groups is 1. The predicted octanol–water partition coefficient (Wildman–Crippen LogP) is 5.43. The molecular weight excluding hydrogens is 459 g/mol. The summed E-state index contributed by atoms with van der Waals surface area (Å²) < 4.78 is 33.7. The maximum atomic E-state index is 12.9. The third kappa shape index (κ3) is 6.13. The van der Waals surface area contributed by atoms with Crippen LogP contribution in [0.4, 0.5) is 11.4 Å². The van der Waals surface area contributed by atoms with Gasteiger partial charge < -0.3 is 10.1 Å². The molecule has 0 saturated carbocycles. The van der Waals surface area contributed by atoms with Crippen molar-refractivity contribution in [1.29, 1.82) is 0 Å². The Hall–Kier alpha value is -2.74. The van der Waals surface area contributed by atoms with E-state index < -0.39 is 15.9 Å². The van der Waals surface area contributed by atoms with E-state index in [0.29, 0.717) is 27.7 Å². The van der Waals surface area contributed by atoms with Crippen molar-refractivity contribution in [1.82, 2.24) is 0 Å². The van der Waals surface area contributed by atoms with E-state index in [1.165, 1.54) is 12.1 Å². The molecule has 0 aliphatic heterocycles.